The van der Waals surface area contributed by atoms with Crippen LogP contribution in [0.1, 0.15) is 28.9 Å². The lowest BCUT2D eigenvalue weighted by Gasteiger charge is -2.22. The summed E-state index contributed by atoms with van der Waals surface area (Å²) in [6.07, 6.45) is -1.69. The molecule has 0 bridgehead atoms. The van der Waals surface area contributed by atoms with Crippen LogP contribution in [0.4, 0.5) is 5.69 Å². The molecule has 1 unspecified atom stereocenters. The molecule has 6 heteroatoms. The third kappa shape index (κ3) is 4.42. The highest BCUT2D eigenvalue weighted by Crippen LogP contribution is 2.30. The number of benzene rings is 3. The molecule has 0 N–H and O–H groups in total. The van der Waals surface area contributed by atoms with Crippen molar-refractivity contribution >= 4 is 11.7 Å². The van der Waals surface area contributed by atoms with Crippen LogP contribution in [0.2, 0.25) is 0 Å². The lowest BCUT2D eigenvalue weighted by atomic mass is 10.0. The summed E-state index contributed by atoms with van der Waals surface area (Å²) in [6, 6.07) is 24.5. The highest BCUT2D eigenvalue weighted by atomic mass is 16.6. The van der Waals surface area contributed by atoms with Gasteiger partial charge in [0.15, 0.2) is 12.2 Å². The Hall–Kier alpha value is -3.51. The third-order valence-electron chi connectivity index (χ3n) is 4.27. The summed E-state index contributed by atoms with van der Waals surface area (Å²) in [5.41, 5.74) is 1.88. The van der Waals surface area contributed by atoms with Gasteiger partial charge in [0.1, 0.15) is 0 Å². The molecule has 3 aromatic rings. The predicted octanol–water partition coefficient (Wildman–Crippen LogP) is 4.62. The fourth-order valence-electron chi connectivity index (χ4n) is 2.93. The summed E-state index contributed by atoms with van der Waals surface area (Å²) in [5, 5.41) is 11.0. The van der Waals surface area contributed by atoms with E-state index in [9.17, 15) is 14.9 Å². The third-order valence-corrected chi connectivity index (χ3v) is 4.27. The second-order valence-corrected chi connectivity index (χ2v) is 6.11. The van der Waals surface area contributed by atoms with Crippen LogP contribution in [-0.4, -0.2) is 18.0 Å². The van der Waals surface area contributed by atoms with E-state index < -0.39 is 23.1 Å². The summed E-state index contributed by atoms with van der Waals surface area (Å²) >= 11 is 0. The summed E-state index contributed by atoms with van der Waals surface area (Å²) in [7, 11) is 1.37. The fourth-order valence-corrected chi connectivity index (χ4v) is 2.93. The minimum absolute atomic E-state index is 0.116. The van der Waals surface area contributed by atoms with Crippen molar-refractivity contribution < 1.29 is 19.2 Å². The first-order valence-electron chi connectivity index (χ1n) is 8.67. The number of methoxy groups -OCH3 is 1. The number of carbonyl (C=O) groups is 1. The Labute approximate surface area is 162 Å². The van der Waals surface area contributed by atoms with E-state index in [1.54, 1.807) is 6.07 Å². The van der Waals surface area contributed by atoms with Gasteiger partial charge < -0.3 is 9.47 Å². The van der Waals surface area contributed by atoms with Crippen LogP contribution >= 0.6 is 0 Å². The molecule has 0 heterocycles. The summed E-state index contributed by atoms with van der Waals surface area (Å²) in [5.74, 6) is -0.624. The van der Waals surface area contributed by atoms with E-state index in [2.05, 4.69) is 0 Å². The molecule has 0 saturated heterocycles. The number of hydrogen-bond donors (Lipinski definition) is 0. The van der Waals surface area contributed by atoms with Crippen molar-refractivity contribution in [3.05, 3.63) is 112 Å². The molecule has 3 rings (SSSR count). The maximum Gasteiger partial charge on any atom is 0.340 e. The molecule has 3 aromatic carbocycles. The van der Waals surface area contributed by atoms with Crippen molar-refractivity contribution in [1.29, 1.82) is 0 Å². The van der Waals surface area contributed by atoms with Gasteiger partial charge in [0.25, 0.3) is 5.69 Å². The number of non-ortho nitro benzene ring substituents is 1. The lowest BCUT2D eigenvalue weighted by molar-refractivity contribution is -0.385. The Kier molecular flexibility index (Phi) is 6.14. The Morgan fingerprint density at radius 1 is 0.857 bits per heavy atom. The van der Waals surface area contributed by atoms with Crippen LogP contribution in [0.5, 0.6) is 0 Å². The number of nitro groups is 1. The number of ether oxygens (including phenoxy) is 2. The smallest absolute Gasteiger partial charge is 0.340 e. The van der Waals surface area contributed by atoms with E-state index in [4.69, 9.17) is 9.47 Å². The average molecular weight is 377 g/mol. The number of carbonyl (C=O) groups excluding carboxylic acids is 1. The normalized spacial score (nSPS) is 11.8. The molecule has 28 heavy (non-hydrogen) atoms. The van der Waals surface area contributed by atoms with Crippen molar-refractivity contribution in [1.82, 2.24) is 0 Å². The van der Waals surface area contributed by atoms with Crippen LogP contribution in [0.25, 0.3) is 0 Å². The van der Waals surface area contributed by atoms with Crippen LogP contribution in [-0.2, 0) is 14.3 Å². The largest absolute Gasteiger partial charge is 0.450 e. The number of nitro benzene ring substituents is 1. The van der Waals surface area contributed by atoms with Gasteiger partial charge in [-0.1, -0.05) is 72.8 Å². The molecule has 1 atom stereocenters. The number of hydrogen-bond acceptors (Lipinski definition) is 5. The maximum atomic E-state index is 12.9. The summed E-state index contributed by atoms with van der Waals surface area (Å²) < 4.78 is 11.1. The van der Waals surface area contributed by atoms with Gasteiger partial charge in [-0.25, -0.2) is 4.79 Å². The predicted molar refractivity (Wildman–Crippen MR) is 104 cm³/mol. The van der Waals surface area contributed by atoms with E-state index in [0.717, 1.165) is 11.1 Å². The van der Waals surface area contributed by atoms with Gasteiger partial charge in [-0.15, -0.1) is 0 Å². The first kappa shape index (κ1) is 19.3. The van der Waals surface area contributed by atoms with Gasteiger partial charge >= 0.3 is 5.97 Å². The zero-order valence-corrected chi connectivity index (χ0v) is 15.2. The van der Waals surface area contributed by atoms with Crippen LogP contribution in [0.3, 0.4) is 0 Å². The molecule has 0 aliphatic rings. The molecule has 142 valence electrons. The molecule has 0 aromatic heterocycles. The fraction of sp³-hybridized carbons (Fsp3) is 0.136. The molecule has 0 aliphatic carbocycles. The van der Waals surface area contributed by atoms with Gasteiger partial charge in [-0.2, -0.15) is 0 Å². The number of nitrogens with zero attached hydrogens (tertiary/aromatic N) is 1. The van der Waals surface area contributed by atoms with Crippen molar-refractivity contribution in [2.24, 2.45) is 0 Å². The van der Waals surface area contributed by atoms with E-state index in [-0.39, 0.29) is 5.69 Å². The molecule has 0 radical (unpaired) electrons. The summed E-state index contributed by atoms with van der Waals surface area (Å²) in [4.78, 5) is 23.4. The molecular weight excluding hydrogens is 358 g/mol. The Balaban J connectivity index is 1.90. The first-order valence-corrected chi connectivity index (χ1v) is 8.67. The number of rotatable bonds is 7. The van der Waals surface area contributed by atoms with Gasteiger partial charge in [0, 0.05) is 19.2 Å². The van der Waals surface area contributed by atoms with Gasteiger partial charge in [-0.05, 0) is 16.7 Å². The van der Waals surface area contributed by atoms with Crippen molar-refractivity contribution in [3.8, 4) is 0 Å². The molecule has 0 amide bonds. The van der Waals surface area contributed by atoms with Crippen molar-refractivity contribution in [2.75, 3.05) is 7.11 Å². The SMILES string of the molecule is COC(C(=O)OC(c1ccccc1)c1ccccc1)c1cccc([N+](=O)[O-])c1. The van der Waals surface area contributed by atoms with E-state index >= 15 is 0 Å². The Bertz CT molecular complexity index is 904. The van der Waals surface area contributed by atoms with Crippen molar-refractivity contribution in [3.63, 3.8) is 0 Å². The van der Waals surface area contributed by atoms with Crippen LogP contribution < -0.4 is 0 Å². The highest BCUT2D eigenvalue weighted by molar-refractivity contribution is 5.77. The van der Waals surface area contributed by atoms with E-state index in [1.165, 1.54) is 25.3 Å². The quantitative estimate of drug-likeness (QED) is 0.341. The monoisotopic (exact) mass is 377 g/mol. The molecule has 6 nitrogen and oxygen atoms in total. The van der Waals surface area contributed by atoms with E-state index in [0.29, 0.717) is 5.56 Å². The zero-order chi connectivity index (χ0) is 19.9. The topological polar surface area (TPSA) is 78.7 Å². The average Bonchev–Trinajstić information content (AvgIpc) is 2.74. The molecular formula is C22H19NO5. The minimum atomic E-state index is -1.07. The minimum Gasteiger partial charge on any atom is -0.450 e. The zero-order valence-electron chi connectivity index (χ0n) is 15.2. The second kappa shape index (κ2) is 8.92. The van der Waals surface area contributed by atoms with Crippen LogP contribution in [0, 0.1) is 10.1 Å². The number of esters is 1. The highest BCUT2D eigenvalue weighted by Gasteiger charge is 2.28. The van der Waals surface area contributed by atoms with Crippen LogP contribution in [0.15, 0.2) is 84.9 Å². The van der Waals surface area contributed by atoms with Crippen molar-refractivity contribution in [2.45, 2.75) is 12.2 Å². The standard InChI is InChI=1S/C22H19NO5/c1-27-21(18-13-8-14-19(15-18)23(25)26)22(24)28-20(16-9-4-2-5-10-16)17-11-6-3-7-12-17/h2-15,20-21H,1H3. The molecule has 0 saturated carbocycles. The van der Waals surface area contributed by atoms with Gasteiger partial charge in [0.05, 0.1) is 4.92 Å². The maximum absolute atomic E-state index is 12.9. The Morgan fingerprint density at radius 2 is 1.39 bits per heavy atom. The molecule has 0 aliphatic heterocycles. The van der Waals surface area contributed by atoms with E-state index in [1.807, 2.05) is 60.7 Å². The Morgan fingerprint density at radius 3 is 1.89 bits per heavy atom. The second-order valence-electron chi connectivity index (χ2n) is 6.11. The van der Waals surface area contributed by atoms with Gasteiger partial charge in [-0.3, -0.25) is 10.1 Å². The molecule has 0 spiro atoms. The van der Waals surface area contributed by atoms with Gasteiger partial charge in [0.2, 0.25) is 0 Å². The lowest BCUT2D eigenvalue weighted by Crippen LogP contribution is -2.21. The molecule has 0 fully saturated rings. The summed E-state index contributed by atoms with van der Waals surface area (Å²) in [6.45, 7) is 0. The first-order chi connectivity index (χ1) is 13.6.